The second-order valence-corrected chi connectivity index (χ2v) is 6.98. The molecule has 1 N–H and O–H groups in total. The van der Waals surface area contributed by atoms with Crippen LogP contribution in [0, 0.1) is 5.92 Å². The molecule has 7 heteroatoms. The van der Waals surface area contributed by atoms with Crippen LogP contribution >= 0.6 is 15.9 Å². The highest BCUT2D eigenvalue weighted by molar-refractivity contribution is 9.10. The van der Waals surface area contributed by atoms with Gasteiger partial charge in [0.15, 0.2) is 0 Å². The highest BCUT2D eigenvalue weighted by Crippen LogP contribution is 2.32. The van der Waals surface area contributed by atoms with Gasteiger partial charge in [-0.3, -0.25) is 14.4 Å². The molecule has 1 aromatic carbocycles. The maximum absolute atomic E-state index is 12.7. The summed E-state index contributed by atoms with van der Waals surface area (Å²) < 4.78 is 0.804. The Hall–Kier alpha value is -1.89. The maximum Gasteiger partial charge on any atom is 0.305 e. The Kier molecular flexibility index (Phi) is 5.99. The highest BCUT2D eigenvalue weighted by atomic mass is 79.9. The third-order valence-corrected chi connectivity index (χ3v) is 4.76. The lowest BCUT2D eigenvalue weighted by Crippen LogP contribution is -2.43. The van der Waals surface area contributed by atoms with E-state index in [-0.39, 0.29) is 37.2 Å². The summed E-state index contributed by atoms with van der Waals surface area (Å²) in [6.45, 7) is 4.17. The van der Waals surface area contributed by atoms with Gasteiger partial charge in [0.2, 0.25) is 11.8 Å². The first kappa shape index (κ1) is 18.4. The number of anilines is 1. The van der Waals surface area contributed by atoms with Crippen LogP contribution in [-0.2, 0) is 14.4 Å². The van der Waals surface area contributed by atoms with Crippen molar-refractivity contribution < 1.29 is 19.5 Å². The van der Waals surface area contributed by atoms with Crippen molar-refractivity contribution in [3.05, 3.63) is 28.7 Å². The van der Waals surface area contributed by atoms with Gasteiger partial charge in [-0.1, -0.05) is 12.1 Å². The molecule has 0 aromatic heterocycles. The average Bonchev–Trinajstić information content (AvgIpc) is 2.89. The van der Waals surface area contributed by atoms with E-state index in [2.05, 4.69) is 15.9 Å². The molecule has 1 aromatic rings. The molecular formula is C17H21BrN2O4. The Balaban J connectivity index is 2.12. The number of rotatable bonds is 6. The molecule has 1 unspecified atom stereocenters. The predicted octanol–water partition coefficient (Wildman–Crippen LogP) is 2.51. The summed E-state index contributed by atoms with van der Waals surface area (Å²) in [5.74, 6) is -1.64. The Morgan fingerprint density at radius 1 is 1.38 bits per heavy atom. The van der Waals surface area contributed by atoms with Crippen LogP contribution in [-0.4, -0.2) is 46.9 Å². The molecule has 0 spiro atoms. The summed E-state index contributed by atoms with van der Waals surface area (Å²) in [5, 5.41) is 8.85. The van der Waals surface area contributed by atoms with Crippen LogP contribution in [0.5, 0.6) is 0 Å². The van der Waals surface area contributed by atoms with E-state index in [1.165, 1.54) is 0 Å². The number of carbonyl (C=O) groups is 3. The van der Waals surface area contributed by atoms with Gasteiger partial charge >= 0.3 is 5.97 Å². The smallest absolute Gasteiger partial charge is 0.305 e. The van der Waals surface area contributed by atoms with Gasteiger partial charge in [-0.05, 0) is 41.9 Å². The minimum Gasteiger partial charge on any atom is -0.481 e. The number of carboxylic acids is 1. The number of para-hydroxylation sites is 1. The number of carboxylic acid groups (broad SMARTS) is 1. The number of carbonyl (C=O) groups excluding carboxylic acids is 2. The Labute approximate surface area is 149 Å². The number of halogens is 1. The van der Waals surface area contributed by atoms with E-state index < -0.39 is 11.9 Å². The van der Waals surface area contributed by atoms with Crippen LogP contribution < -0.4 is 4.90 Å². The molecule has 0 saturated carbocycles. The summed E-state index contributed by atoms with van der Waals surface area (Å²) in [6, 6.07) is 7.29. The summed E-state index contributed by atoms with van der Waals surface area (Å²) in [6.07, 6.45) is 0.0506. The fourth-order valence-corrected chi connectivity index (χ4v) is 3.35. The van der Waals surface area contributed by atoms with Crippen molar-refractivity contribution in [2.24, 2.45) is 5.92 Å². The van der Waals surface area contributed by atoms with Gasteiger partial charge in [0.1, 0.15) is 0 Å². The first-order chi connectivity index (χ1) is 11.3. The maximum atomic E-state index is 12.7. The topological polar surface area (TPSA) is 77.9 Å². The SMILES string of the molecule is CC(C)N(CCC(=O)O)C(=O)C1CC(=O)N(c2ccccc2Br)C1. The third kappa shape index (κ3) is 4.14. The van der Waals surface area contributed by atoms with E-state index in [0.717, 1.165) is 10.2 Å². The minimum absolute atomic E-state index is 0.0952. The van der Waals surface area contributed by atoms with Gasteiger partial charge < -0.3 is 14.9 Å². The van der Waals surface area contributed by atoms with Gasteiger partial charge in [-0.25, -0.2) is 0 Å². The normalized spacial score (nSPS) is 17.4. The molecule has 130 valence electrons. The van der Waals surface area contributed by atoms with E-state index in [9.17, 15) is 14.4 Å². The number of amides is 2. The highest BCUT2D eigenvalue weighted by Gasteiger charge is 2.38. The van der Waals surface area contributed by atoms with Gasteiger partial charge in [0.05, 0.1) is 18.0 Å². The fourth-order valence-electron chi connectivity index (χ4n) is 2.85. The Morgan fingerprint density at radius 2 is 2.04 bits per heavy atom. The number of nitrogens with zero attached hydrogens (tertiary/aromatic N) is 2. The van der Waals surface area contributed by atoms with Crippen LogP contribution in [0.2, 0.25) is 0 Å². The number of hydrogen-bond donors (Lipinski definition) is 1. The first-order valence-corrected chi connectivity index (χ1v) is 8.67. The molecule has 2 rings (SSSR count). The van der Waals surface area contributed by atoms with Crippen LogP contribution in [0.4, 0.5) is 5.69 Å². The molecule has 6 nitrogen and oxygen atoms in total. The molecule has 2 amide bonds. The van der Waals surface area contributed by atoms with Crippen molar-refractivity contribution in [1.29, 1.82) is 0 Å². The van der Waals surface area contributed by atoms with Crippen LogP contribution in [0.15, 0.2) is 28.7 Å². The van der Waals surface area contributed by atoms with E-state index in [0.29, 0.717) is 6.54 Å². The average molecular weight is 397 g/mol. The zero-order valence-corrected chi connectivity index (χ0v) is 15.3. The molecule has 1 fully saturated rings. The second-order valence-electron chi connectivity index (χ2n) is 6.13. The zero-order valence-electron chi connectivity index (χ0n) is 13.7. The number of benzene rings is 1. The van der Waals surface area contributed by atoms with Crippen molar-refractivity contribution in [2.75, 3.05) is 18.0 Å². The summed E-state index contributed by atoms with van der Waals surface area (Å²) >= 11 is 3.43. The molecule has 1 aliphatic rings. The lowest BCUT2D eigenvalue weighted by atomic mass is 10.1. The predicted molar refractivity (Wildman–Crippen MR) is 93.7 cm³/mol. The molecule has 1 saturated heterocycles. The quantitative estimate of drug-likeness (QED) is 0.800. The minimum atomic E-state index is -0.939. The molecule has 0 aliphatic carbocycles. The molecule has 0 bridgehead atoms. The summed E-state index contributed by atoms with van der Waals surface area (Å²) in [4.78, 5) is 39.0. The lowest BCUT2D eigenvalue weighted by Gasteiger charge is -2.28. The summed E-state index contributed by atoms with van der Waals surface area (Å²) in [5.41, 5.74) is 0.749. The van der Waals surface area contributed by atoms with E-state index >= 15 is 0 Å². The Bertz CT molecular complexity index is 647. The van der Waals surface area contributed by atoms with Crippen molar-refractivity contribution in [3.63, 3.8) is 0 Å². The van der Waals surface area contributed by atoms with E-state index in [1.807, 2.05) is 38.1 Å². The molecule has 24 heavy (non-hydrogen) atoms. The molecule has 1 heterocycles. The van der Waals surface area contributed by atoms with Crippen LogP contribution in [0.25, 0.3) is 0 Å². The summed E-state index contributed by atoms with van der Waals surface area (Å²) in [7, 11) is 0. The van der Waals surface area contributed by atoms with Crippen molar-refractivity contribution >= 4 is 39.4 Å². The van der Waals surface area contributed by atoms with Gasteiger partial charge in [-0.15, -0.1) is 0 Å². The standard InChI is InChI=1S/C17H21BrN2O4/c1-11(2)19(8-7-16(22)23)17(24)12-9-15(21)20(10-12)14-6-4-3-5-13(14)18/h3-6,11-12H,7-10H2,1-2H3,(H,22,23). The largest absolute Gasteiger partial charge is 0.481 e. The molecule has 1 aliphatic heterocycles. The van der Waals surface area contributed by atoms with E-state index in [1.54, 1.807) is 9.80 Å². The van der Waals surface area contributed by atoms with Crippen molar-refractivity contribution in [2.45, 2.75) is 32.7 Å². The molecular weight excluding hydrogens is 376 g/mol. The van der Waals surface area contributed by atoms with Crippen LogP contribution in [0.3, 0.4) is 0 Å². The second kappa shape index (κ2) is 7.79. The van der Waals surface area contributed by atoms with Crippen molar-refractivity contribution in [1.82, 2.24) is 4.90 Å². The van der Waals surface area contributed by atoms with E-state index in [4.69, 9.17) is 5.11 Å². The third-order valence-electron chi connectivity index (χ3n) is 4.09. The fraction of sp³-hybridized carbons (Fsp3) is 0.471. The first-order valence-electron chi connectivity index (χ1n) is 7.88. The number of aliphatic carboxylic acids is 1. The zero-order chi connectivity index (χ0) is 17.9. The lowest BCUT2D eigenvalue weighted by molar-refractivity contribution is -0.141. The Morgan fingerprint density at radius 3 is 2.62 bits per heavy atom. The van der Waals surface area contributed by atoms with Gasteiger partial charge in [-0.2, -0.15) is 0 Å². The van der Waals surface area contributed by atoms with Gasteiger partial charge in [0, 0.05) is 30.0 Å². The number of hydrogen-bond acceptors (Lipinski definition) is 3. The monoisotopic (exact) mass is 396 g/mol. The molecule has 0 radical (unpaired) electrons. The van der Waals surface area contributed by atoms with Crippen LogP contribution in [0.1, 0.15) is 26.7 Å². The van der Waals surface area contributed by atoms with Crippen molar-refractivity contribution in [3.8, 4) is 0 Å². The molecule has 1 atom stereocenters. The van der Waals surface area contributed by atoms with Gasteiger partial charge in [0.25, 0.3) is 0 Å².